The standard InChI is InChI=1S/C19H17ClN4O5S/c1-27-14-7-12(8-15(9-14)28-2)17(26)22-21-16(25)10-30-19-24-23-18(29-19)11-3-5-13(20)6-4-11/h3-9H,10H2,1-2H3,(H,21,25)(H,22,26). The molecule has 1 aromatic heterocycles. The first-order valence-corrected chi connectivity index (χ1v) is 9.89. The Hall–Kier alpha value is -3.24. The van der Waals surface area contributed by atoms with Crippen LogP contribution in [-0.2, 0) is 4.79 Å². The number of nitrogens with one attached hydrogen (secondary N) is 2. The van der Waals surface area contributed by atoms with Gasteiger partial charge in [-0.3, -0.25) is 20.4 Å². The highest BCUT2D eigenvalue weighted by molar-refractivity contribution is 7.99. The number of nitrogens with zero attached hydrogens (tertiary/aromatic N) is 2. The maximum atomic E-state index is 12.2. The highest BCUT2D eigenvalue weighted by Crippen LogP contribution is 2.24. The fourth-order valence-corrected chi connectivity index (χ4v) is 2.97. The van der Waals surface area contributed by atoms with Crippen LogP contribution in [0.15, 0.2) is 52.1 Å². The van der Waals surface area contributed by atoms with E-state index in [2.05, 4.69) is 21.0 Å². The van der Waals surface area contributed by atoms with E-state index in [-0.39, 0.29) is 16.5 Å². The molecule has 11 heteroatoms. The van der Waals surface area contributed by atoms with Crippen molar-refractivity contribution in [3.05, 3.63) is 53.1 Å². The number of ether oxygens (including phenoxy) is 2. The Labute approximate surface area is 181 Å². The molecule has 1 heterocycles. The summed E-state index contributed by atoms with van der Waals surface area (Å²) in [6.45, 7) is 0. The smallest absolute Gasteiger partial charge is 0.277 e. The van der Waals surface area contributed by atoms with Crippen LogP contribution in [0.4, 0.5) is 0 Å². The SMILES string of the molecule is COc1cc(OC)cc(C(=O)NNC(=O)CSc2nnc(-c3ccc(Cl)cc3)o2)c1. The van der Waals surface area contributed by atoms with E-state index in [4.69, 9.17) is 25.5 Å². The number of hydrogen-bond donors (Lipinski definition) is 2. The van der Waals surface area contributed by atoms with Crippen LogP contribution in [0.3, 0.4) is 0 Å². The van der Waals surface area contributed by atoms with Crippen LogP contribution in [0, 0.1) is 0 Å². The zero-order valence-corrected chi connectivity index (χ0v) is 17.5. The van der Waals surface area contributed by atoms with Gasteiger partial charge in [-0.05, 0) is 36.4 Å². The molecule has 2 amide bonds. The lowest BCUT2D eigenvalue weighted by molar-refractivity contribution is -0.119. The summed E-state index contributed by atoms with van der Waals surface area (Å²) >= 11 is 6.89. The lowest BCUT2D eigenvalue weighted by Gasteiger charge is -2.09. The highest BCUT2D eigenvalue weighted by atomic mass is 35.5. The molecule has 0 radical (unpaired) electrons. The Morgan fingerprint density at radius 3 is 2.33 bits per heavy atom. The molecule has 0 spiro atoms. The van der Waals surface area contributed by atoms with Crippen molar-refractivity contribution in [2.24, 2.45) is 0 Å². The molecule has 156 valence electrons. The van der Waals surface area contributed by atoms with Crippen LogP contribution in [0.5, 0.6) is 11.5 Å². The summed E-state index contributed by atoms with van der Waals surface area (Å²) in [6.07, 6.45) is 0. The van der Waals surface area contributed by atoms with Gasteiger partial charge in [0.25, 0.3) is 11.1 Å². The molecule has 3 rings (SSSR count). The number of amides is 2. The largest absolute Gasteiger partial charge is 0.497 e. The van der Waals surface area contributed by atoms with E-state index in [9.17, 15) is 9.59 Å². The van der Waals surface area contributed by atoms with Crippen molar-refractivity contribution in [3.8, 4) is 23.0 Å². The average molecular weight is 449 g/mol. The molecular formula is C19H17ClN4O5S. The summed E-state index contributed by atoms with van der Waals surface area (Å²) in [5.74, 6) is 0.213. The average Bonchev–Trinajstić information content (AvgIpc) is 3.25. The van der Waals surface area contributed by atoms with E-state index in [1.165, 1.54) is 26.4 Å². The minimum Gasteiger partial charge on any atom is -0.497 e. The monoisotopic (exact) mass is 448 g/mol. The number of hydrazine groups is 1. The molecular weight excluding hydrogens is 432 g/mol. The molecule has 0 bridgehead atoms. The third kappa shape index (κ3) is 5.65. The number of benzene rings is 2. The summed E-state index contributed by atoms with van der Waals surface area (Å²) in [7, 11) is 2.96. The van der Waals surface area contributed by atoms with Crippen LogP contribution in [0.25, 0.3) is 11.5 Å². The predicted molar refractivity (Wildman–Crippen MR) is 111 cm³/mol. The molecule has 0 fully saturated rings. The number of carbonyl (C=O) groups excluding carboxylic acids is 2. The van der Waals surface area contributed by atoms with Crippen molar-refractivity contribution in [3.63, 3.8) is 0 Å². The quantitative estimate of drug-likeness (QED) is 0.418. The summed E-state index contributed by atoms with van der Waals surface area (Å²) in [4.78, 5) is 24.3. The second-order valence-electron chi connectivity index (χ2n) is 5.77. The molecule has 0 aliphatic carbocycles. The lowest BCUT2D eigenvalue weighted by atomic mass is 10.2. The number of carbonyl (C=O) groups is 2. The highest BCUT2D eigenvalue weighted by Gasteiger charge is 2.13. The van der Waals surface area contributed by atoms with Crippen LogP contribution in [-0.4, -0.2) is 42.0 Å². The minimum absolute atomic E-state index is 0.0377. The first-order valence-electron chi connectivity index (χ1n) is 8.53. The van der Waals surface area contributed by atoms with Crippen molar-refractivity contribution in [2.75, 3.05) is 20.0 Å². The first-order chi connectivity index (χ1) is 14.5. The normalized spacial score (nSPS) is 10.4. The molecule has 0 atom stereocenters. The van der Waals surface area contributed by atoms with Gasteiger partial charge in [-0.2, -0.15) is 0 Å². The van der Waals surface area contributed by atoms with Gasteiger partial charge in [-0.15, -0.1) is 10.2 Å². The van der Waals surface area contributed by atoms with E-state index in [0.717, 1.165) is 11.8 Å². The van der Waals surface area contributed by atoms with Crippen LogP contribution >= 0.6 is 23.4 Å². The maximum Gasteiger partial charge on any atom is 0.277 e. The zero-order valence-electron chi connectivity index (χ0n) is 16.0. The predicted octanol–water partition coefficient (Wildman–Crippen LogP) is 2.96. The van der Waals surface area contributed by atoms with E-state index in [0.29, 0.717) is 28.0 Å². The minimum atomic E-state index is -0.520. The molecule has 0 aliphatic rings. The van der Waals surface area contributed by atoms with Gasteiger partial charge in [0.1, 0.15) is 11.5 Å². The Morgan fingerprint density at radius 1 is 1.03 bits per heavy atom. The summed E-state index contributed by atoms with van der Waals surface area (Å²) in [6, 6.07) is 11.6. The van der Waals surface area contributed by atoms with Gasteiger partial charge in [0.15, 0.2) is 0 Å². The molecule has 3 aromatic rings. The number of hydrogen-bond acceptors (Lipinski definition) is 8. The summed E-state index contributed by atoms with van der Waals surface area (Å²) in [5, 5.41) is 8.64. The number of halogens is 1. The lowest BCUT2D eigenvalue weighted by Crippen LogP contribution is -2.42. The zero-order chi connectivity index (χ0) is 21.5. The second kappa shape index (κ2) is 9.99. The number of aromatic nitrogens is 2. The topological polar surface area (TPSA) is 116 Å². The number of thioether (sulfide) groups is 1. The van der Waals surface area contributed by atoms with Gasteiger partial charge in [-0.1, -0.05) is 23.4 Å². The Morgan fingerprint density at radius 2 is 1.70 bits per heavy atom. The van der Waals surface area contributed by atoms with Crippen LogP contribution in [0.1, 0.15) is 10.4 Å². The van der Waals surface area contributed by atoms with Crippen LogP contribution < -0.4 is 20.3 Å². The van der Waals surface area contributed by atoms with Crippen molar-refractivity contribution < 1.29 is 23.5 Å². The summed E-state index contributed by atoms with van der Waals surface area (Å²) < 4.78 is 15.7. The molecule has 0 unspecified atom stereocenters. The van der Waals surface area contributed by atoms with Gasteiger partial charge in [0, 0.05) is 22.2 Å². The van der Waals surface area contributed by atoms with E-state index < -0.39 is 11.8 Å². The Kier molecular flexibility index (Phi) is 7.15. The van der Waals surface area contributed by atoms with Gasteiger partial charge in [0.05, 0.1) is 20.0 Å². The van der Waals surface area contributed by atoms with Gasteiger partial charge in [0.2, 0.25) is 11.8 Å². The van der Waals surface area contributed by atoms with Crippen molar-refractivity contribution >= 4 is 35.2 Å². The van der Waals surface area contributed by atoms with E-state index >= 15 is 0 Å². The van der Waals surface area contributed by atoms with Gasteiger partial charge >= 0.3 is 0 Å². The molecule has 0 saturated carbocycles. The summed E-state index contributed by atoms with van der Waals surface area (Å²) in [5.41, 5.74) is 5.64. The fourth-order valence-electron chi connectivity index (χ4n) is 2.28. The molecule has 30 heavy (non-hydrogen) atoms. The van der Waals surface area contributed by atoms with Crippen molar-refractivity contribution in [1.29, 1.82) is 0 Å². The molecule has 0 saturated heterocycles. The molecule has 2 N–H and O–H groups in total. The fraction of sp³-hybridized carbons (Fsp3) is 0.158. The van der Waals surface area contributed by atoms with Crippen molar-refractivity contribution in [1.82, 2.24) is 21.0 Å². The molecule has 2 aromatic carbocycles. The maximum absolute atomic E-state index is 12.2. The third-order valence-electron chi connectivity index (χ3n) is 3.75. The Bertz CT molecular complexity index is 1020. The third-order valence-corrected chi connectivity index (χ3v) is 4.82. The molecule has 9 nitrogen and oxygen atoms in total. The Balaban J connectivity index is 1.51. The van der Waals surface area contributed by atoms with Gasteiger partial charge in [-0.25, -0.2) is 0 Å². The van der Waals surface area contributed by atoms with Crippen LogP contribution in [0.2, 0.25) is 5.02 Å². The van der Waals surface area contributed by atoms with E-state index in [1.54, 1.807) is 30.3 Å². The number of methoxy groups -OCH3 is 2. The first kappa shape index (κ1) is 21.5. The number of rotatable bonds is 7. The van der Waals surface area contributed by atoms with Gasteiger partial charge < -0.3 is 13.9 Å². The van der Waals surface area contributed by atoms with Crippen molar-refractivity contribution in [2.45, 2.75) is 5.22 Å². The van der Waals surface area contributed by atoms with E-state index in [1.807, 2.05) is 0 Å². The second-order valence-corrected chi connectivity index (χ2v) is 7.14. The molecule has 0 aliphatic heterocycles.